The van der Waals surface area contributed by atoms with Crippen molar-refractivity contribution in [1.82, 2.24) is 0 Å². The third-order valence-corrected chi connectivity index (χ3v) is 7.31. The Bertz CT molecular complexity index is 641. The van der Waals surface area contributed by atoms with E-state index in [0.29, 0.717) is 30.6 Å². The van der Waals surface area contributed by atoms with E-state index < -0.39 is 0 Å². The van der Waals surface area contributed by atoms with Crippen LogP contribution in [0.3, 0.4) is 0 Å². The van der Waals surface area contributed by atoms with Gasteiger partial charge in [0.2, 0.25) is 0 Å². The van der Waals surface area contributed by atoms with Crippen molar-refractivity contribution in [2.45, 2.75) is 90.8 Å². The summed E-state index contributed by atoms with van der Waals surface area (Å²) in [5.41, 5.74) is 1.32. The van der Waals surface area contributed by atoms with E-state index in [4.69, 9.17) is 14.2 Å². The first-order chi connectivity index (χ1) is 14.3. The number of carbonyl (C=O) groups excluding carboxylic acids is 1. The van der Waals surface area contributed by atoms with Crippen LogP contribution in [0.1, 0.15) is 66.2 Å². The lowest BCUT2D eigenvalue weighted by molar-refractivity contribution is -0.205. The van der Waals surface area contributed by atoms with E-state index >= 15 is 0 Å². The number of rotatable bonds is 7. The Balaban J connectivity index is 1.73. The molecular weight excluding hydrogens is 380 g/mol. The average molecular weight is 421 g/mol. The number of aliphatic hydroxyl groups excluding tert-OH is 1. The van der Waals surface area contributed by atoms with E-state index in [1.807, 2.05) is 13.8 Å². The Labute approximate surface area is 181 Å². The maximum absolute atomic E-state index is 12.6. The molecule has 9 atom stereocenters. The number of esters is 1. The second kappa shape index (κ2) is 10.4. The van der Waals surface area contributed by atoms with Gasteiger partial charge in [-0.1, -0.05) is 45.9 Å². The van der Waals surface area contributed by atoms with E-state index in [0.717, 1.165) is 25.7 Å². The summed E-state index contributed by atoms with van der Waals surface area (Å²) in [5, 5.41) is 10.2. The van der Waals surface area contributed by atoms with Crippen molar-refractivity contribution in [3.05, 3.63) is 23.8 Å². The number of allylic oxidation sites excluding steroid dienone is 3. The van der Waals surface area contributed by atoms with E-state index in [-0.39, 0.29) is 42.4 Å². The second-order valence-corrected chi connectivity index (χ2v) is 9.70. The van der Waals surface area contributed by atoms with Gasteiger partial charge in [0.1, 0.15) is 6.10 Å². The first-order valence-corrected chi connectivity index (χ1v) is 11.8. The molecule has 0 spiro atoms. The van der Waals surface area contributed by atoms with Crippen LogP contribution in [0.4, 0.5) is 0 Å². The molecule has 0 amide bonds. The van der Waals surface area contributed by atoms with Crippen molar-refractivity contribution in [2.75, 3.05) is 7.11 Å². The van der Waals surface area contributed by atoms with Gasteiger partial charge in [-0.2, -0.15) is 0 Å². The number of carbonyl (C=O) groups is 1. The molecule has 5 nitrogen and oxygen atoms in total. The fourth-order valence-electron chi connectivity index (χ4n) is 5.32. The molecule has 3 rings (SSSR count). The number of aliphatic hydroxyl groups is 1. The molecule has 0 aromatic heterocycles. The average Bonchev–Trinajstić information content (AvgIpc) is 2.71. The van der Waals surface area contributed by atoms with Crippen LogP contribution in [0.5, 0.6) is 0 Å². The van der Waals surface area contributed by atoms with Crippen LogP contribution >= 0.6 is 0 Å². The SMILES string of the molecule is CC[C@H](C)C(=O)O[C@H]1C[C@@H](C)C=C2C=C[C@H](C)[C@H](CC[C@@H]3C[C@@H](O)CC(OC)O3)[C@H]21. The Hall–Kier alpha value is -1.17. The molecule has 0 aromatic carbocycles. The zero-order chi connectivity index (χ0) is 21.8. The molecule has 1 heterocycles. The molecule has 0 saturated carbocycles. The van der Waals surface area contributed by atoms with E-state index in [2.05, 4.69) is 32.1 Å². The van der Waals surface area contributed by atoms with Crippen LogP contribution in [0.15, 0.2) is 23.8 Å². The van der Waals surface area contributed by atoms with Crippen molar-refractivity contribution < 1.29 is 24.1 Å². The predicted molar refractivity (Wildman–Crippen MR) is 117 cm³/mol. The van der Waals surface area contributed by atoms with Crippen molar-refractivity contribution >= 4 is 5.97 Å². The highest BCUT2D eigenvalue weighted by Crippen LogP contribution is 2.45. The molecule has 0 aromatic rings. The maximum Gasteiger partial charge on any atom is 0.308 e. The highest BCUT2D eigenvalue weighted by Gasteiger charge is 2.42. The number of hydrogen-bond acceptors (Lipinski definition) is 5. The monoisotopic (exact) mass is 420 g/mol. The molecule has 5 heteroatoms. The van der Waals surface area contributed by atoms with Gasteiger partial charge in [-0.3, -0.25) is 4.79 Å². The number of fused-ring (bicyclic) bond motifs is 1. The van der Waals surface area contributed by atoms with Crippen molar-refractivity contribution in [1.29, 1.82) is 0 Å². The summed E-state index contributed by atoms with van der Waals surface area (Å²) >= 11 is 0. The largest absolute Gasteiger partial charge is 0.461 e. The first kappa shape index (κ1) is 23.5. The fraction of sp³-hybridized carbons (Fsp3) is 0.800. The topological polar surface area (TPSA) is 65.0 Å². The van der Waals surface area contributed by atoms with Gasteiger partial charge in [0.05, 0.1) is 18.1 Å². The van der Waals surface area contributed by atoms with E-state index in [9.17, 15) is 9.90 Å². The molecule has 1 unspecified atom stereocenters. The smallest absolute Gasteiger partial charge is 0.308 e. The van der Waals surface area contributed by atoms with Crippen LogP contribution in [0.25, 0.3) is 0 Å². The van der Waals surface area contributed by atoms with Gasteiger partial charge in [-0.05, 0) is 55.4 Å². The summed E-state index contributed by atoms with van der Waals surface area (Å²) in [6.07, 6.45) is 10.9. The molecule has 2 aliphatic carbocycles. The number of methoxy groups -OCH3 is 1. The van der Waals surface area contributed by atoms with Gasteiger partial charge < -0.3 is 19.3 Å². The van der Waals surface area contributed by atoms with Crippen LogP contribution in [0.2, 0.25) is 0 Å². The Morgan fingerprint density at radius 2 is 2.03 bits per heavy atom. The summed E-state index contributed by atoms with van der Waals surface area (Å²) < 4.78 is 17.5. The van der Waals surface area contributed by atoms with Gasteiger partial charge in [-0.15, -0.1) is 0 Å². The minimum absolute atomic E-state index is 0.00728. The number of ether oxygens (including phenoxy) is 3. The lowest BCUT2D eigenvalue weighted by atomic mass is 9.65. The molecule has 1 aliphatic heterocycles. The summed E-state index contributed by atoms with van der Waals surface area (Å²) in [7, 11) is 1.63. The van der Waals surface area contributed by atoms with E-state index in [1.165, 1.54) is 5.57 Å². The van der Waals surface area contributed by atoms with Crippen LogP contribution in [-0.2, 0) is 19.0 Å². The van der Waals surface area contributed by atoms with Crippen LogP contribution in [0, 0.1) is 29.6 Å². The minimum atomic E-state index is -0.368. The first-order valence-electron chi connectivity index (χ1n) is 11.8. The molecule has 3 aliphatic rings. The molecule has 30 heavy (non-hydrogen) atoms. The van der Waals surface area contributed by atoms with Gasteiger partial charge >= 0.3 is 5.97 Å². The molecule has 1 fully saturated rings. The summed E-state index contributed by atoms with van der Waals surface area (Å²) in [4.78, 5) is 12.6. The Kier molecular flexibility index (Phi) is 8.17. The zero-order valence-corrected chi connectivity index (χ0v) is 19.3. The molecule has 1 saturated heterocycles. The molecule has 170 valence electrons. The van der Waals surface area contributed by atoms with Gasteiger partial charge in [0.15, 0.2) is 6.29 Å². The van der Waals surface area contributed by atoms with Gasteiger partial charge in [0.25, 0.3) is 0 Å². The normalized spacial score (nSPS) is 39.7. The Morgan fingerprint density at radius 1 is 1.27 bits per heavy atom. The third-order valence-electron chi connectivity index (χ3n) is 7.31. The molecule has 0 radical (unpaired) electrons. The molecule has 1 N–H and O–H groups in total. The molecule has 0 bridgehead atoms. The van der Waals surface area contributed by atoms with Gasteiger partial charge in [-0.25, -0.2) is 0 Å². The highest BCUT2D eigenvalue weighted by atomic mass is 16.7. The summed E-state index contributed by atoms with van der Waals surface area (Å²) in [6.45, 7) is 8.44. The number of hydrogen-bond donors (Lipinski definition) is 1. The lowest BCUT2D eigenvalue weighted by Crippen LogP contribution is -2.42. The van der Waals surface area contributed by atoms with Gasteiger partial charge in [0, 0.05) is 19.4 Å². The standard InChI is InChI=1S/C25H40O5/c1-6-16(3)25(27)30-22-12-15(2)11-18-8-7-17(4)21(24(18)22)10-9-20-13-19(26)14-23(28-5)29-20/h7-8,11,15-17,19-24,26H,6,9-10,12-14H2,1-5H3/t15-,16-,17-,19+,20+,21-,22-,23?,24-/m0/s1. The predicted octanol–water partition coefficient (Wildman–Crippen LogP) is 4.64. The second-order valence-electron chi connectivity index (χ2n) is 9.70. The molecular formula is C25H40O5. The summed E-state index contributed by atoms with van der Waals surface area (Å²) in [5.74, 6) is 1.32. The maximum atomic E-state index is 12.6. The fourth-order valence-corrected chi connectivity index (χ4v) is 5.32. The highest BCUT2D eigenvalue weighted by molar-refractivity contribution is 5.72. The quantitative estimate of drug-likeness (QED) is 0.608. The van der Waals surface area contributed by atoms with E-state index in [1.54, 1.807) is 7.11 Å². The van der Waals surface area contributed by atoms with Crippen molar-refractivity contribution in [3.63, 3.8) is 0 Å². The van der Waals surface area contributed by atoms with Crippen LogP contribution < -0.4 is 0 Å². The minimum Gasteiger partial charge on any atom is -0.461 e. The summed E-state index contributed by atoms with van der Waals surface area (Å²) in [6, 6.07) is 0. The van der Waals surface area contributed by atoms with Crippen molar-refractivity contribution in [2.24, 2.45) is 29.6 Å². The van der Waals surface area contributed by atoms with Crippen LogP contribution in [-0.4, -0.2) is 42.8 Å². The lowest BCUT2D eigenvalue weighted by Gasteiger charge is -2.43. The Morgan fingerprint density at radius 3 is 2.73 bits per heavy atom. The third kappa shape index (κ3) is 5.54. The van der Waals surface area contributed by atoms with Crippen molar-refractivity contribution in [3.8, 4) is 0 Å². The zero-order valence-electron chi connectivity index (χ0n) is 19.3.